The molecule has 0 saturated heterocycles. The molecule has 1 atom stereocenters. The highest BCUT2D eigenvalue weighted by Gasteiger charge is 2.19. The van der Waals surface area contributed by atoms with E-state index in [0.717, 1.165) is 0 Å². The summed E-state index contributed by atoms with van der Waals surface area (Å²) in [6, 6.07) is 7.45. The van der Waals surface area contributed by atoms with Crippen LogP contribution in [0.15, 0.2) is 18.2 Å². The average Bonchev–Trinajstić information content (AvgIpc) is 2.85. The molecule has 1 heterocycles. The summed E-state index contributed by atoms with van der Waals surface area (Å²) in [4.78, 5) is 2.57. The van der Waals surface area contributed by atoms with Crippen LogP contribution in [0.4, 0.5) is 5.69 Å². The maximum atomic E-state index is 3.32. The molecular weight excluding hydrogens is 232 g/mol. The maximum Gasteiger partial charge on any atom is 0.0399 e. The van der Waals surface area contributed by atoms with Crippen LogP contribution >= 0.6 is 0 Å². The third-order valence-electron chi connectivity index (χ3n) is 4.31. The van der Waals surface area contributed by atoms with Crippen molar-refractivity contribution < 1.29 is 0 Å². The van der Waals surface area contributed by atoms with Crippen LogP contribution in [0.1, 0.15) is 56.7 Å². The minimum atomic E-state index is 0.448. The van der Waals surface area contributed by atoms with E-state index in [9.17, 15) is 0 Å². The highest BCUT2D eigenvalue weighted by atomic mass is 15.1. The molecule has 1 aliphatic rings. The molecule has 2 nitrogen and oxygen atoms in total. The van der Waals surface area contributed by atoms with Crippen molar-refractivity contribution in [2.45, 2.75) is 52.0 Å². The van der Waals surface area contributed by atoms with Gasteiger partial charge in [0.25, 0.3) is 0 Å². The normalized spacial score (nSPS) is 15.6. The van der Waals surface area contributed by atoms with Crippen LogP contribution in [0.3, 0.4) is 0 Å². The van der Waals surface area contributed by atoms with Crippen molar-refractivity contribution in [1.82, 2.24) is 5.32 Å². The molecule has 1 aromatic rings. The molecule has 1 aliphatic heterocycles. The Hall–Kier alpha value is -1.02. The second kappa shape index (κ2) is 6.95. The smallest absolute Gasteiger partial charge is 0.0399 e. The van der Waals surface area contributed by atoms with Crippen LogP contribution in [0.5, 0.6) is 0 Å². The number of hydrogen-bond donors (Lipinski definition) is 1. The summed E-state index contributed by atoms with van der Waals surface area (Å²) < 4.78 is 0. The molecule has 0 amide bonds. The maximum absolute atomic E-state index is 3.32. The van der Waals surface area contributed by atoms with Crippen molar-refractivity contribution in [3.8, 4) is 0 Å². The van der Waals surface area contributed by atoms with Crippen molar-refractivity contribution in [2.75, 3.05) is 25.0 Å². The first kappa shape index (κ1) is 14.4. The van der Waals surface area contributed by atoms with E-state index in [1.807, 2.05) is 7.05 Å². The topological polar surface area (TPSA) is 15.3 Å². The summed E-state index contributed by atoms with van der Waals surface area (Å²) in [6.07, 6.45) is 6.62. The molecule has 0 fully saturated rings. The van der Waals surface area contributed by atoms with Crippen LogP contribution in [-0.2, 0) is 6.42 Å². The van der Waals surface area contributed by atoms with E-state index in [-0.39, 0.29) is 0 Å². The first-order valence-electron chi connectivity index (χ1n) is 7.81. The number of unbranched alkanes of at least 4 members (excludes halogenated alkanes) is 3. The van der Waals surface area contributed by atoms with Gasteiger partial charge in [-0.3, -0.25) is 0 Å². The molecule has 2 rings (SSSR count). The number of anilines is 1. The van der Waals surface area contributed by atoms with E-state index in [4.69, 9.17) is 0 Å². The lowest BCUT2D eigenvalue weighted by molar-refractivity contribution is 0.650. The Morgan fingerprint density at radius 2 is 2.11 bits per heavy atom. The third kappa shape index (κ3) is 3.50. The number of rotatable bonds is 7. The van der Waals surface area contributed by atoms with Crippen LogP contribution in [0.25, 0.3) is 0 Å². The van der Waals surface area contributed by atoms with Crippen LogP contribution in [0, 0.1) is 0 Å². The van der Waals surface area contributed by atoms with E-state index in [2.05, 4.69) is 42.3 Å². The highest BCUT2D eigenvalue weighted by molar-refractivity contribution is 5.59. The largest absolute Gasteiger partial charge is 0.371 e. The van der Waals surface area contributed by atoms with Crippen molar-refractivity contribution in [1.29, 1.82) is 0 Å². The molecule has 0 radical (unpaired) electrons. The Bertz CT molecular complexity index is 400. The van der Waals surface area contributed by atoms with Crippen molar-refractivity contribution in [3.63, 3.8) is 0 Å². The van der Waals surface area contributed by atoms with Crippen molar-refractivity contribution >= 4 is 5.69 Å². The lowest BCUT2D eigenvalue weighted by atomic mass is 10.0. The molecule has 0 saturated carbocycles. The fourth-order valence-corrected chi connectivity index (χ4v) is 2.89. The summed E-state index contributed by atoms with van der Waals surface area (Å²) in [5.74, 6) is 0. The number of nitrogens with zero attached hydrogens (tertiary/aromatic N) is 1. The van der Waals surface area contributed by atoms with E-state index < -0.39 is 0 Å². The van der Waals surface area contributed by atoms with E-state index in [1.165, 1.54) is 62.0 Å². The zero-order chi connectivity index (χ0) is 13.7. The van der Waals surface area contributed by atoms with Gasteiger partial charge in [0.05, 0.1) is 0 Å². The van der Waals surface area contributed by atoms with Gasteiger partial charge in [-0.05, 0) is 44.0 Å². The molecule has 1 unspecified atom stereocenters. The standard InChI is InChI=1S/C17H28N2/c1-4-5-6-7-11-19-12-10-16-13-15(14(2)18-3)8-9-17(16)19/h8-9,13-14,18H,4-7,10-12H2,1-3H3. The molecule has 106 valence electrons. The molecule has 1 aromatic carbocycles. The number of fused-ring (bicyclic) bond motifs is 1. The zero-order valence-corrected chi connectivity index (χ0v) is 12.7. The van der Waals surface area contributed by atoms with E-state index >= 15 is 0 Å². The van der Waals surface area contributed by atoms with Gasteiger partial charge >= 0.3 is 0 Å². The first-order valence-corrected chi connectivity index (χ1v) is 7.81. The van der Waals surface area contributed by atoms with Gasteiger partial charge in [-0.1, -0.05) is 38.3 Å². The summed E-state index contributed by atoms with van der Waals surface area (Å²) in [5, 5.41) is 3.32. The zero-order valence-electron chi connectivity index (χ0n) is 12.7. The average molecular weight is 260 g/mol. The van der Waals surface area contributed by atoms with Gasteiger partial charge in [0, 0.05) is 24.8 Å². The van der Waals surface area contributed by atoms with Gasteiger partial charge in [-0.2, -0.15) is 0 Å². The Balaban J connectivity index is 1.97. The second-order valence-electron chi connectivity index (χ2n) is 5.70. The second-order valence-corrected chi connectivity index (χ2v) is 5.70. The van der Waals surface area contributed by atoms with Gasteiger partial charge in [-0.15, -0.1) is 0 Å². The summed E-state index contributed by atoms with van der Waals surface area (Å²) in [5.41, 5.74) is 4.42. The first-order chi connectivity index (χ1) is 9.26. The molecule has 0 spiro atoms. The Labute approximate surface area is 118 Å². The molecule has 0 aromatic heterocycles. The third-order valence-corrected chi connectivity index (χ3v) is 4.31. The molecule has 19 heavy (non-hydrogen) atoms. The quantitative estimate of drug-likeness (QED) is 0.748. The highest BCUT2D eigenvalue weighted by Crippen LogP contribution is 2.30. The predicted molar refractivity (Wildman–Crippen MR) is 84.0 cm³/mol. The van der Waals surface area contributed by atoms with Gasteiger partial charge in [0.1, 0.15) is 0 Å². The fraction of sp³-hybridized carbons (Fsp3) is 0.647. The minimum absolute atomic E-state index is 0.448. The van der Waals surface area contributed by atoms with Crippen LogP contribution < -0.4 is 10.2 Å². The van der Waals surface area contributed by atoms with Gasteiger partial charge in [-0.25, -0.2) is 0 Å². The Morgan fingerprint density at radius 1 is 1.26 bits per heavy atom. The molecule has 2 heteroatoms. The number of nitrogens with one attached hydrogen (secondary N) is 1. The molecular formula is C17H28N2. The van der Waals surface area contributed by atoms with E-state index in [1.54, 1.807) is 0 Å². The monoisotopic (exact) mass is 260 g/mol. The van der Waals surface area contributed by atoms with Crippen LogP contribution in [-0.4, -0.2) is 20.1 Å². The molecule has 0 aliphatic carbocycles. The lowest BCUT2D eigenvalue weighted by Crippen LogP contribution is -2.21. The van der Waals surface area contributed by atoms with Crippen molar-refractivity contribution in [3.05, 3.63) is 29.3 Å². The summed E-state index contributed by atoms with van der Waals surface area (Å²) in [7, 11) is 2.03. The fourth-order valence-electron chi connectivity index (χ4n) is 2.89. The lowest BCUT2D eigenvalue weighted by Gasteiger charge is -2.20. The Kier molecular flexibility index (Phi) is 5.26. The minimum Gasteiger partial charge on any atom is -0.371 e. The number of hydrogen-bond acceptors (Lipinski definition) is 2. The van der Waals surface area contributed by atoms with Gasteiger partial charge in [0.15, 0.2) is 0 Å². The number of benzene rings is 1. The van der Waals surface area contributed by atoms with Gasteiger partial charge in [0.2, 0.25) is 0 Å². The van der Waals surface area contributed by atoms with Crippen LogP contribution in [0.2, 0.25) is 0 Å². The predicted octanol–water partition coefficient (Wildman–Crippen LogP) is 3.91. The van der Waals surface area contributed by atoms with E-state index in [0.29, 0.717) is 6.04 Å². The van der Waals surface area contributed by atoms with Crippen molar-refractivity contribution in [2.24, 2.45) is 0 Å². The SMILES string of the molecule is CCCCCCN1CCc2cc(C(C)NC)ccc21. The summed E-state index contributed by atoms with van der Waals surface area (Å²) >= 11 is 0. The Morgan fingerprint density at radius 3 is 2.84 bits per heavy atom. The van der Waals surface area contributed by atoms with Gasteiger partial charge < -0.3 is 10.2 Å². The summed E-state index contributed by atoms with van der Waals surface area (Å²) in [6.45, 7) is 6.93. The molecule has 1 N–H and O–H groups in total. The molecule has 0 bridgehead atoms.